The van der Waals surface area contributed by atoms with Gasteiger partial charge in [0.05, 0.1) is 17.7 Å². The van der Waals surface area contributed by atoms with Crippen molar-refractivity contribution in [3.8, 4) is 0 Å². The van der Waals surface area contributed by atoms with E-state index in [0.29, 0.717) is 27.4 Å². The van der Waals surface area contributed by atoms with Gasteiger partial charge in [0, 0.05) is 15.8 Å². The van der Waals surface area contributed by atoms with Crippen molar-refractivity contribution in [2.75, 3.05) is 12.8 Å². The van der Waals surface area contributed by atoms with E-state index in [1.807, 2.05) is 0 Å². The van der Waals surface area contributed by atoms with Gasteiger partial charge in [0.2, 0.25) is 0 Å². The second-order valence-corrected chi connectivity index (χ2v) is 6.23. The number of benzene rings is 1. The summed E-state index contributed by atoms with van der Waals surface area (Å²) >= 11 is 7.74. The van der Waals surface area contributed by atoms with Crippen LogP contribution in [0.15, 0.2) is 17.0 Å². The van der Waals surface area contributed by atoms with Crippen LogP contribution in [0.25, 0.3) is 0 Å². The van der Waals surface area contributed by atoms with E-state index in [-0.39, 0.29) is 0 Å². The standard InChI is InChI=1S/C13H18ClNO2S/c1-7(2)8(3)18-12-10(13(16)17-4)5-9(15)6-11(12)14/h5-8H,15H2,1-4H3. The molecule has 0 radical (unpaired) electrons. The maximum Gasteiger partial charge on any atom is 0.339 e. The average Bonchev–Trinajstić information content (AvgIpc) is 2.30. The predicted molar refractivity (Wildman–Crippen MR) is 77.4 cm³/mol. The quantitative estimate of drug-likeness (QED) is 0.519. The summed E-state index contributed by atoms with van der Waals surface area (Å²) in [5.41, 5.74) is 6.60. The first-order chi connectivity index (χ1) is 8.36. The van der Waals surface area contributed by atoms with E-state index in [4.69, 9.17) is 22.1 Å². The van der Waals surface area contributed by atoms with Gasteiger partial charge >= 0.3 is 5.97 Å². The number of ether oxygens (including phenoxy) is 1. The van der Waals surface area contributed by atoms with E-state index in [1.165, 1.54) is 7.11 Å². The maximum absolute atomic E-state index is 11.7. The largest absolute Gasteiger partial charge is 0.465 e. The van der Waals surface area contributed by atoms with Crippen molar-refractivity contribution < 1.29 is 9.53 Å². The van der Waals surface area contributed by atoms with E-state index in [0.717, 1.165) is 4.90 Å². The highest BCUT2D eigenvalue weighted by Gasteiger charge is 2.20. The van der Waals surface area contributed by atoms with Crippen LogP contribution in [0.1, 0.15) is 31.1 Å². The third-order valence-electron chi connectivity index (χ3n) is 2.71. The van der Waals surface area contributed by atoms with Gasteiger partial charge in [0.15, 0.2) is 0 Å². The molecule has 0 aliphatic heterocycles. The van der Waals surface area contributed by atoms with E-state index in [2.05, 4.69) is 20.8 Å². The molecule has 1 rings (SSSR count). The minimum Gasteiger partial charge on any atom is -0.465 e. The molecule has 0 saturated heterocycles. The molecular formula is C13H18ClNO2S. The zero-order valence-electron chi connectivity index (χ0n) is 11.0. The summed E-state index contributed by atoms with van der Waals surface area (Å²) in [5, 5.41) is 0.836. The van der Waals surface area contributed by atoms with Gasteiger partial charge in [-0.15, -0.1) is 11.8 Å². The highest BCUT2D eigenvalue weighted by Crippen LogP contribution is 2.37. The lowest BCUT2D eigenvalue weighted by Crippen LogP contribution is -2.09. The number of nitrogen functional groups attached to an aromatic ring is 1. The molecule has 0 aromatic heterocycles. The van der Waals surface area contributed by atoms with Crippen molar-refractivity contribution in [1.82, 2.24) is 0 Å². The molecule has 18 heavy (non-hydrogen) atoms. The number of hydrogen-bond donors (Lipinski definition) is 1. The summed E-state index contributed by atoms with van der Waals surface area (Å²) in [5.74, 6) is 0.0665. The van der Waals surface area contributed by atoms with Gasteiger partial charge in [-0.3, -0.25) is 0 Å². The molecule has 2 N–H and O–H groups in total. The van der Waals surface area contributed by atoms with E-state index in [1.54, 1.807) is 23.9 Å². The lowest BCUT2D eigenvalue weighted by Gasteiger charge is -2.18. The molecular weight excluding hydrogens is 270 g/mol. The first kappa shape index (κ1) is 15.2. The number of nitrogens with two attached hydrogens (primary N) is 1. The smallest absolute Gasteiger partial charge is 0.339 e. The van der Waals surface area contributed by atoms with Gasteiger partial charge in [-0.25, -0.2) is 4.79 Å². The predicted octanol–water partition coefficient (Wildman–Crippen LogP) is 3.85. The molecule has 0 bridgehead atoms. The van der Waals surface area contributed by atoms with Crippen molar-refractivity contribution in [3.05, 3.63) is 22.7 Å². The molecule has 1 atom stereocenters. The monoisotopic (exact) mass is 287 g/mol. The highest BCUT2D eigenvalue weighted by atomic mass is 35.5. The lowest BCUT2D eigenvalue weighted by molar-refractivity contribution is 0.0597. The molecule has 1 aromatic rings. The second-order valence-electron chi connectivity index (χ2n) is 4.44. The number of thioether (sulfide) groups is 1. The van der Waals surface area contributed by atoms with Gasteiger partial charge in [0.1, 0.15) is 0 Å². The Kier molecular flexibility index (Phi) is 5.35. The molecule has 0 aliphatic carbocycles. The molecule has 1 aromatic carbocycles. The van der Waals surface area contributed by atoms with Gasteiger partial charge < -0.3 is 10.5 Å². The van der Waals surface area contributed by atoms with Gasteiger partial charge in [-0.05, 0) is 18.1 Å². The zero-order valence-corrected chi connectivity index (χ0v) is 12.6. The number of methoxy groups -OCH3 is 1. The van der Waals surface area contributed by atoms with Crippen LogP contribution < -0.4 is 5.73 Å². The topological polar surface area (TPSA) is 52.3 Å². The highest BCUT2D eigenvalue weighted by molar-refractivity contribution is 8.00. The van der Waals surface area contributed by atoms with Crippen molar-refractivity contribution in [2.24, 2.45) is 5.92 Å². The van der Waals surface area contributed by atoms with Crippen molar-refractivity contribution >= 4 is 35.0 Å². The average molecular weight is 288 g/mol. The molecule has 1 unspecified atom stereocenters. The van der Waals surface area contributed by atoms with Crippen LogP contribution in [0.5, 0.6) is 0 Å². The third kappa shape index (κ3) is 3.56. The van der Waals surface area contributed by atoms with Crippen LogP contribution in [-0.4, -0.2) is 18.3 Å². The summed E-state index contributed by atoms with van der Waals surface area (Å²) in [6, 6.07) is 3.26. The number of halogens is 1. The van der Waals surface area contributed by atoms with Crippen molar-refractivity contribution in [2.45, 2.75) is 30.9 Å². The molecule has 0 saturated carbocycles. The molecule has 0 spiro atoms. The number of rotatable bonds is 4. The normalized spacial score (nSPS) is 12.6. The molecule has 3 nitrogen and oxygen atoms in total. The fourth-order valence-corrected chi connectivity index (χ4v) is 2.76. The Morgan fingerprint density at radius 2 is 2.00 bits per heavy atom. The van der Waals surface area contributed by atoms with Crippen LogP contribution in [0.2, 0.25) is 5.02 Å². The van der Waals surface area contributed by atoms with Crippen LogP contribution >= 0.6 is 23.4 Å². The number of carbonyl (C=O) groups excluding carboxylic acids is 1. The minimum absolute atomic E-state index is 0.342. The molecule has 0 aliphatic rings. The number of esters is 1. The van der Waals surface area contributed by atoms with Crippen LogP contribution in [0.4, 0.5) is 5.69 Å². The summed E-state index contributed by atoms with van der Waals surface area (Å²) < 4.78 is 4.76. The summed E-state index contributed by atoms with van der Waals surface area (Å²) in [7, 11) is 1.35. The SMILES string of the molecule is COC(=O)c1cc(N)cc(Cl)c1SC(C)C(C)C. The Labute approximate surface area is 117 Å². The van der Waals surface area contributed by atoms with Crippen molar-refractivity contribution in [3.63, 3.8) is 0 Å². The number of anilines is 1. The lowest BCUT2D eigenvalue weighted by atomic mass is 10.1. The van der Waals surface area contributed by atoms with Crippen LogP contribution in [0, 0.1) is 5.92 Å². The molecule has 0 amide bonds. The maximum atomic E-state index is 11.7. The Morgan fingerprint density at radius 3 is 2.50 bits per heavy atom. The molecule has 0 fully saturated rings. The van der Waals surface area contributed by atoms with Crippen LogP contribution in [-0.2, 0) is 4.74 Å². The minimum atomic E-state index is -0.414. The van der Waals surface area contributed by atoms with E-state index >= 15 is 0 Å². The Bertz CT molecular complexity index is 449. The molecule has 100 valence electrons. The first-order valence-electron chi connectivity index (χ1n) is 5.70. The first-order valence-corrected chi connectivity index (χ1v) is 6.96. The third-order valence-corrected chi connectivity index (χ3v) is 4.72. The fourth-order valence-electron chi connectivity index (χ4n) is 1.32. The summed E-state index contributed by atoms with van der Waals surface area (Å²) in [4.78, 5) is 12.5. The van der Waals surface area contributed by atoms with Gasteiger partial charge in [-0.2, -0.15) is 0 Å². The van der Waals surface area contributed by atoms with Crippen LogP contribution in [0.3, 0.4) is 0 Å². The Morgan fingerprint density at radius 1 is 1.39 bits per heavy atom. The Hall–Kier alpha value is -0.870. The Balaban J connectivity index is 3.19. The summed E-state index contributed by atoms with van der Waals surface area (Å²) in [6.45, 7) is 6.35. The molecule has 5 heteroatoms. The summed E-state index contributed by atoms with van der Waals surface area (Å²) in [6.07, 6.45) is 0. The zero-order chi connectivity index (χ0) is 13.9. The fraction of sp³-hybridized carbons (Fsp3) is 0.462. The van der Waals surface area contributed by atoms with E-state index < -0.39 is 5.97 Å². The van der Waals surface area contributed by atoms with Crippen molar-refractivity contribution in [1.29, 1.82) is 0 Å². The van der Waals surface area contributed by atoms with Gasteiger partial charge in [-0.1, -0.05) is 32.4 Å². The number of carbonyl (C=O) groups is 1. The second kappa shape index (κ2) is 6.34. The molecule has 0 heterocycles. The van der Waals surface area contributed by atoms with Gasteiger partial charge in [0.25, 0.3) is 0 Å². The number of hydrogen-bond acceptors (Lipinski definition) is 4. The van der Waals surface area contributed by atoms with E-state index in [9.17, 15) is 4.79 Å².